The molecule has 0 spiro atoms. The summed E-state index contributed by atoms with van der Waals surface area (Å²) in [5.41, 5.74) is 7.33. The Bertz CT molecular complexity index is 1410. The standard InChI is InChI=1S/C27H36N7O5P/c1-17(2)14-37-26(35)18(3)33-40(36,39-22-7-5-4-6-8-22)38-15-19-9-12-21(13-19)34-16-29-23-24(30-20-10-11-20)31-27(28)32-25(23)34/h4-9,12,16-21H,10-11,13-15H2,1-3H3,(H,33,36)(H3,28,30,31,32)/t18-,19+,21-,40?/m0/s1. The first-order chi connectivity index (χ1) is 19.2. The summed E-state index contributed by atoms with van der Waals surface area (Å²) in [6, 6.07) is 8.16. The van der Waals surface area contributed by atoms with Gasteiger partial charge in [0.1, 0.15) is 11.8 Å². The molecule has 214 valence electrons. The van der Waals surface area contributed by atoms with Crippen molar-refractivity contribution in [1.82, 2.24) is 24.6 Å². The second kappa shape index (κ2) is 12.0. The van der Waals surface area contributed by atoms with E-state index < -0.39 is 19.8 Å². The average molecular weight is 570 g/mol. The van der Waals surface area contributed by atoms with Gasteiger partial charge in [-0.25, -0.2) is 9.55 Å². The van der Waals surface area contributed by atoms with E-state index in [-0.39, 0.29) is 37.0 Å². The van der Waals surface area contributed by atoms with Crippen LogP contribution < -0.4 is 20.7 Å². The molecule has 2 aliphatic rings. The van der Waals surface area contributed by atoms with Crippen LogP contribution in [0.2, 0.25) is 0 Å². The summed E-state index contributed by atoms with van der Waals surface area (Å²) in [5, 5.41) is 6.12. The average Bonchev–Trinajstić information content (AvgIpc) is 3.43. The van der Waals surface area contributed by atoms with Crippen molar-refractivity contribution >= 4 is 36.6 Å². The molecule has 13 heteroatoms. The van der Waals surface area contributed by atoms with Gasteiger partial charge < -0.3 is 24.9 Å². The van der Waals surface area contributed by atoms with Crippen molar-refractivity contribution in [2.24, 2.45) is 11.8 Å². The quantitative estimate of drug-likeness (QED) is 0.152. The number of fused-ring (bicyclic) bond motifs is 1. The van der Waals surface area contributed by atoms with E-state index in [0.717, 1.165) is 12.8 Å². The van der Waals surface area contributed by atoms with Crippen molar-refractivity contribution in [3.05, 3.63) is 48.8 Å². The number of hydrogen-bond donors (Lipinski definition) is 3. The Morgan fingerprint density at radius 1 is 1.18 bits per heavy atom. The molecule has 2 heterocycles. The van der Waals surface area contributed by atoms with Gasteiger partial charge in [0.05, 0.1) is 25.6 Å². The number of ether oxygens (including phenoxy) is 1. The van der Waals surface area contributed by atoms with Crippen LogP contribution in [0.1, 0.15) is 46.1 Å². The van der Waals surface area contributed by atoms with E-state index in [1.807, 2.05) is 36.6 Å². The summed E-state index contributed by atoms with van der Waals surface area (Å²) in [4.78, 5) is 25.8. The third-order valence-electron chi connectivity index (χ3n) is 6.56. The molecule has 1 aromatic carbocycles. The monoisotopic (exact) mass is 569 g/mol. The summed E-state index contributed by atoms with van der Waals surface area (Å²) in [6.07, 6.45) is 8.66. The van der Waals surface area contributed by atoms with Gasteiger partial charge in [-0.1, -0.05) is 44.2 Å². The van der Waals surface area contributed by atoms with Crippen LogP contribution in [0.4, 0.5) is 11.8 Å². The number of hydrogen-bond acceptors (Lipinski definition) is 10. The molecule has 0 amide bonds. The molecule has 0 aliphatic heterocycles. The molecule has 2 aromatic heterocycles. The number of nitrogen functional groups attached to an aromatic ring is 1. The normalized spacial score (nSPS) is 20.9. The second-order valence-electron chi connectivity index (χ2n) is 10.7. The van der Waals surface area contributed by atoms with Crippen LogP contribution in [0, 0.1) is 11.8 Å². The number of nitrogens with one attached hydrogen (secondary N) is 2. The lowest BCUT2D eigenvalue weighted by Gasteiger charge is -2.24. The zero-order valence-corrected chi connectivity index (χ0v) is 23.8. The van der Waals surface area contributed by atoms with E-state index >= 15 is 0 Å². The lowest BCUT2D eigenvalue weighted by atomic mass is 10.1. The van der Waals surface area contributed by atoms with Gasteiger partial charge >= 0.3 is 13.7 Å². The number of para-hydroxylation sites is 1. The third-order valence-corrected chi connectivity index (χ3v) is 8.20. The highest BCUT2D eigenvalue weighted by molar-refractivity contribution is 7.52. The highest BCUT2D eigenvalue weighted by atomic mass is 31.2. The summed E-state index contributed by atoms with van der Waals surface area (Å²) in [5.74, 6) is 0.779. The minimum Gasteiger partial charge on any atom is -0.464 e. The van der Waals surface area contributed by atoms with Crippen molar-refractivity contribution in [3.63, 3.8) is 0 Å². The van der Waals surface area contributed by atoms with Crippen LogP contribution in [-0.4, -0.2) is 50.8 Å². The topological polar surface area (TPSA) is 156 Å². The van der Waals surface area contributed by atoms with Crippen LogP contribution in [0.5, 0.6) is 5.75 Å². The molecular weight excluding hydrogens is 533 g/mol. The molecule has 1 fully saturated rings. The number of allylic oxidation sites excluding steroid dienone is 1. The third kappa shape index (κ3) is 6.99. The van der Waals surface area contributed by atoms with Crippen molar-refractivity contribution in [2.75, 3.05) is 24.3 Å². The van der Waals surface area contributed by atoms with E-state index in [9.17, 15) is 9.36 Å². The zero-order valence-electron chi connectivity index (χ0n) is 22.9. The fourth-order valence-corrected chi connectivity index (χ4v) is 5.89. The molecule has 5 rings (SSSR count). The number of anilines is 2. The summed E-state index contributed by atoms with van der Waals surface area (Å²) in [7, 11) is -3.94. The van der Waals surface area contributed by atoms with Gasteiger partial charge in [0.25, 0.3) is 0 Å². The fourth-order valence-electron chi connectivity index (χ4n) is 4.35. The van der Waals surface area contributed by atoms with Gasteiger partial charge in [-0.15, -0.1) is 0 Å². The van der Waals surface area contributed by atoms with Crippen LogP contribution in [0.3, 0.4) is 0 Å². The number of nitrogens with two attached hydrogens (primary N) is 1. The van der Waals surface area contributed by atoms with Crippen molar-refractivity contribution in [1.29, 1.82) is 0 Å². The van der Waals surface area contributed by atoms with E-state index in [0.29, 0.717) is 35.2 Å². The molecular formula is C27H36N7O5P. The van der Waals surface area contributed by atoms with Gasteiger partial charge in [0.2, 0.25) is 5.95 Å². The first-order valence-electron chi connectivity index (χ1n) is 13.6. The number of rotatable bonds is 13. The van der Waals surface area contributed by atoms with Gasteiger partial charge in [-0.3, -0.25) is 9.32 Å². The zero-order chi connectivity index (χ0) is 28.3. The van der Waals surface area contributed by atoms with Crippen LogP contribution in [0.25, 0.3) is 11.2 Å². The Morgan fingerprint density at radius 3 is 2.67 bits per heavy atom. The van der Waals surface area contributed by atoms with E-state index in [1.54, 1.807) is 37.5 Å². The summed E-state index contributed by atoms with van der Waals surface area (Å²) < 4.78 is 32.7. The predicted molar refractivity (Wildman–Crippen MR) is 152 cm³/mol. The van der Waals surface area contributed by atoms with Crippen molar-refractivity contribution in [2.45, 2.75) is 58.2 Å². The van der Waals surface area contributed by atoms with Crippen molar-refractivity contribution in [3.8, 4) is 5.75 Å². The van der Waals surface area contributed by atoms with E-state index in [1.165, 1.54) is 0 Å². The maximum Gasteiger partial charge on any atom is 0.459 e. The fraction of sp³-hybridized carbons (Fsp3) is 0.481. The Balaban J connectivity index is 1.25. The van der Waals surface area contributed by atoms with Gasteiger partial charge in [-0.2, -0.15) is 15.1 Å². The van der Waals surface area contributed by atoms with Crippen molar-refractivity contribution < 1.29 is 23.1 Å². The molecule has 1 unspecified atom stereocenters. The number of aromatic nitrogens is 4. The molecule has 3 aromatic rings. The summed E-state index contributed by atoms with van der Waals surface area (Å²) in [6.45, 7) is 5.83. The maximum absolute atomic E-state index is 13.8. The second-order valence-corrected chi connectivity index (χ2v) is 12.4. The number of benzene rings is 1. The Labute approximate surface area is 233 Å². The number of imidazole rings is 1. The van der Waals surface area contributed by atoms with Gasteiger partial charge in [0, 0.05) is 12.0 Å². The molecule has 0 bridgehead atoms. The molecule has 1 saturated carbocycles. The lowest BCUT2D eigenvalue weighted by Crippen LogP contribution is -2.36. The lowest BCUT2D eigenvalue weighted by molar-refractivity contribution is -0.146. The van der Waals surface area contributed by atoms with Crippen LogP contribution in [-0.2, 0) is 18.6 Å². The van der Waals surface area contributed by atoms with Crippen LogP contribution >= 0.6 is 7.75 Å². The largest absolute Gasteiger partial charge is 0.464 e. The number of nitrogens with zero attached hydrogens (tertiary/aromatic N) is 4. The minimum absolute atomic E-state index is 0.0472. The summed E-state index contributed by atoms with van der Waals surface area (Å²) >= 11 is 0. The number of esters is 1. The smallest absolute Gasteiger partial charge is 0.459 e. The van der Waals surface area contributed by atoms with E-state index in [4.69, 9.17) is 19.5 Å². The molecule has 0 saturated heterocycles. The predicted octanol–water partition coefficient (Wildman–Crippen LogP) is 4.48. The first-order valence-corrected chi connectivity index (χ1v) is 15.1. The molecule has 12 nitrogen and oxygen atoms in total. The Hall–Kier alpha value is -3.47. The molecule has 40 heavy (non-hydrogen) atoms. The SMILES string of the molecule is CC(C)COC(=O)[C@H](C)NP(=O)(OC[C@@H]1C=C[C@H](n2cnc3c(NC4CC4)nc(N)nc32)C1)Oc1ccccc1. The highest BCUT2D eigenvalue weighted by Gasteiger charge is 2.34. The van der Waals surface area contributed by atoms with Crippen LogP contribution in [0.15, 0.2) is 48.8 Å². The highest BCUT2D eigenvalue weighted by Crippen LogP contribution is 2.46. The van der Waals surface area contributed by atoms with Gasteiger partial charge in [-0.05, 0) is 44.2 Å². The molecule has 2 aliphatic carbocycles. The molecule has 0 radical (unpaired) electrons. The first kappa shape index (κ1) is 28.1. The Morgan fingerprint density at radius 2 is 1.95 bits per heavy atom. The number of carbonyl (C=O) groups is 1. The minimum atomic E-state index is -3.94. The number of carbonyl (C=O) groups excluding carboxylic acids is 1. The molecule has 4 N–H and O–H groups in total. The maximum atomic E-state index is 13.8. The molecule has 4 atom stereocenters. The van der Waals surface area contributed by atoms with Gasteiger partial charge in [0.15, 0.2) is 17.0 Å². The Kier molecular flexibility index (Phi) is 8.39. The van der Waals surface area contributed by atoms with E-state index in [2.05, 4.69) is 25.4 Å².